The number of amides is 2. The van der Waals surface area contributed by atoms with Crippen molar-refractivity contribution in [2.75, 3.05) is 11.9 Å². The summed E-state index contributed by atoms with van der Waals surface area (Å²) in [5, 5.41) is 3.14. The molecule has 1 aromatic rings. The van der Waals surface area contributed by atoms with Crippen LogP contribution in [0.2, 0.25) is 0 Å². The zero-order chi connectivity index (χ0) is 13.3. The number of carbonyl (C=O) groups is 2. The highest BCUT2D eigenvalue weighted by molar-refractivity contribution is 9.10. The number of imide groups is 1. The first-order valence-electron chi connectivity index (χ1n) is 5.89. The van der Waals surface area contributed by atoms with Crippen molar-refractivity contribution in [2.45, 2.75) is 26.3 Å². The van der Waals surface area contributed by atoms with E-state index in [0.717, 1.165) is 15.7 Å². The first-order valence-corrected chi connectivity index (χ1v) is 6.69. The molecule has 2 amide bonds. The standard InChI is InChI=1S/C13H15BrN2O2/c1-3-16-12(17)7-11(13(16)18)15-10-6-8(2)4-5-9(10)14/h4-6,11,15H,3,7H2,1-2H3. The quantitative estimate of drug-likeness (QED) is 0.872. The van der Waals surface area contributed by atoms with Crippen molar-refractivity contribution >= 4 is 33.4 Å². The van der Waals surface area contributed by atoms with Crippen LogP contribution in [0.15, 0.2) is 22.7 Å². The van der Waals surface area contributed by atoms with Crippen molar-refractivity contribution < 1.29 is 9.59 Å². The lowest BCUT2D eigenvalue weighted by Gasteiger charge is -2.15. The molecule has 4 nitrogen and oxygen atoms in total. The van der Waals surface area contributed by atoms with Gasteiger partial charge in [0.25, 0.3) is 5.91 Å². The van der Waals surface area contributed by atoms with Crippen LogP contribution in [-0.2, 0) is 9.59 Å². The first kappa shape index (κ1) is 13.1. The molecular formula is C13H15BrN2O2. The highest BCUT2D eigenvalue weighted by Gasteiger charge is 2.37. The molecule has 5 heteroatoms. The maximum atomic E-state index is 12.0. The van der Waals surface area contributed by atoms with Gasteiger partial charge in [-0.2, -0.15) is 0 Å². The predicted octanol–water partition coefficient (Wildman–Crippen LogP) is 2.32. The Hall–Kier alpha value is -1.36. The average Bonchev–Trinajstić information content (AvgIpc) is 2.59. The molecule has 1 aliphatic heterocycles. The number of rotatable bonds is 3. The van der Waals surface area contributed by atoms with Crippen LogP contribution in [0.1, 0.15) is 18.9 Å². The Bertz CT molecular complexity index is 502. The summed E-state index contributed by atoms with van der Waals surface area (Å²) in [6.45, 7) is 4.23. The monoisotopic (exact) mass is 310 g/mol. The fourth-order valence-electron chi connectivity index (χ4n) is 2.07. The lowest BCUT2D eigenvalue weighted by Crippen LogP contribution is -2.34. The van der Waals surface area contributed by atoms with Crippen LogP contribution in [0.3, 0.4) is 0 Å². The third-order valence-corrected chi connectivity index (χ3v) is 3.70. The minimum Gasteiger partial charge on any atom is -0.372 e. The summed E-state index contributed by atoms with van der Waals surface area (Å²) in [6.07, 6.45) is 0.229. The Morgan fingerprint density at radius 3 is 2.78 bits per heavy atom. The topological polar surface area (TPSA) is 49.4 Å². The van der Waals surface area contributed by atoms with Crippen LogP contribution in [-0.4, -0.2) is 29.3 Å². The van der Waals surface area contributed by atoms with Gasteiger partial charge in [-0.25, -0.2) is 0 Å². The van der Waals surface area contributed by atoms with Gasteiger partial charge >= 0.3 is 0 Å². The van der Waals surface area contributed by atoms with Crippen LogP contribution in [0, 0.1) is 6.92 Å². The molecule has 1 saturated heterocycles. The van der Waals surface area contributed by atoms with Gasteiger partial charge in [-0.1, -0.05) is 6.07 Å². The summed E-state index contributed by atoms with van der Waals surface area (Å²) in [5.41, 5.74) is 1.95. The van der Waals surface area contributed by atoms with Crippen molar-refractivity contribution in [3.8, 4) is 0 Å². The number of likely N-dealkylation sites (N-methyl/N-ethyl adjacent to an activating group) is 1. The summed E-state index contributed by atoms with van der Waals surface area (Å²) in [5.74, 6) is -0.250. The Labute approximate surface area is 114 Å². The smallest absolute Gasteiger partial charge is 0.252 e. The first-order chi connectivity index (χ1) is 8.52. The normalized spacial score (nSPS) is 19.5. The van der Waals surface area contributed by atoms with Crippen molar-refractivity contribution in [1.29, 1.82) is 0 Å². The van der Waals surface area contributed by atoms with E-state index in [0.29, 0.717) is 6.54 Å². The molecule has 1 unspecified atom stereocenters. The average molecular weight is 311 g/mol. The summed E-state index contributed by atoms with van der Waals surface area (Å²) in [7, 11) is 0. The number of anilines is 1. The van der Waals surface area contributed by atoms with E-state index in [2.05, 4.69) is 21.2 Å². The number of aryl methyl sites for hydroxylation is 1. The maximum Gasteiger partial charge on any atom is 0.252 e. The van der Waals surface area contributed by atoms with E-state index in [4.69, 9.17) is 0 Å². The van der Waals surface area contributed by atoms with E-state index in [9.17, 15) is 9.59 Å². The Kier molecular flexibility index (Phi) is 3.71. The van der Waals surface area contributed by atoms with Crippen molar-refractivity contribution in [1.82, 2.24) is 4.90 Å². The molecule has 0 saturated carbocycles. The largest absolute Gasteiger partial charge is 0.372 e. The van der Waals surface area contributed by atoms with Crippen molar-refractivity contribution in [3.63, 3.8) is 0 Å². The van der Waals surface area contributed by atoms with Crippen molar-refractivity contribution in [2.24, 2.45) is 0 Å². The molecule has 0 bridgehead atoms. The fourth-order valence-corrected chi connectivity index (χ4v) is 2.43. The van der Waals surface area contributed by atoms with Crippen LogP contribution < -0.4 is 5.32 Å². The highest BCUT2D eigenvalue weighted by Crippen LogP contribution is 2.26. The van der Waals surface area contributed by atoms with E-state index in [-0.39, 0.29) is 18.2 Å². The SMILES string of the molecule is CCN1C(=O)CC(Nc2cc(C)ccc2Br)C1=O. The van der Waals surface area contributed by atoms with Gasteiger partial charge in [-0.05, 0) is 47.5 Å². The number of hydrogen-bond acceptors (Lipinski definition) is 3. The summed E-state index contributed by atoms with van der Waals surface area (Å²) < 4.78 is 0.892. The molecule has 0 aliphatic carbocycles. The number of carbonyl (C=O) groups excluding carboxylic acids is 2. The van der Waals surface area contributed by atoms with E-state index in [1.54, 1.807) is 6.92 Å². The Morgan fingerprint density at radius 1 is 1.44 bits per heavy atom. The van der Waals surface area contributed by atoms with Crippen LogP contribution in [0.5, 0.6) is 0 Å². The second-order valence-electron chi connectivity index (χ2n) is 4.36. The number of benzene rings is 1. The van der Waals surface area contributed by atoms with Gasteiger partial charge in [0.1, 0.15) is 6.04 Å². The molecule has 1 atom stereocenters. The summed E-state index contributed by atoms with van der Waals surface area (Å²) in [6, 6.07) is 5.41. The lowest BCUT2D eigenvalue weighted by molar-refractivity contribution is -0.138. The van der Waals surface area contributed by atoms with Crippen LogP contribution in [0.25, 0.3) is 0 Å². The van der Waals surface area contributed by atoms with Gasteiger partial charge in [-0.3, -0.25) is 14.5 Å². The minimum atomic E-state index is -0.449. The molecule has 96 valence electrons. The number of halogens is 1. The van der Waals surface area contributed by atoms with Crippen LogP contribution in [0.4, 0.5) is 5.69 Å². The van der Waals surface area contributed by atoms with Gasteiger partial charge in [-0.15, -0.1) is 0 Å². The molecule has 2 rings (SSSR count). The fraction of sp³-hybridized carbons (Fsp3) is 0.385. The Morgan fingerprint density at radius 2 is 2.17 bits per heavy atom. The molecule has 1 N–H and O–H groups in total. The lowest BCUT2D eigenvalue weighted by atomic mass is 10.2. The van der Waals surface area contributed by atoms with Gasteiger partial charge in [0.2, 0.25) is 5.91 Å². The van der Waals surface area contributed by atoms with E-state index >= 15 is 0 Å². The summed E-state index contributed by atoms with van der Waals surface area (Å²) in [4.78, 5) is 24.9. The molecule has 1 heterocycles. The molecule has 0 spiro atoms. The molecule has 1 fully saturated rings. The van der Waals surface area contributed by atoms with E-state index < -0.39 is 6.04 Å². The number of hydrogen-bond donors (Lipinski definition) is 1. The predicted molar refractivity (Wildman–Crippen MR) is 73.3 cm³/mol. The number of likely N-dealkylation sites (tertiary alicyclic amines) is 1. The zero-order valence-electron chi connectivity index (χ0n) is 10.4. The highest BCUT2D eigenvalue weighted by atomic mass is 79.9. The molecule has 18 heavy (non-hydrogen) atoms. The van der Waals surface area contributed by atoms with Crippen LogP contribution >= 0.6 is 15.9 Å². The van der Waals surface area contributed by atoms with Gasteiger partial charge in [0.05, 0.1) is 6.42 Å². The molecule has 1 aliphatic rings. The minimum absolute atomic E-state index is 0.108. The second kappa shape index (κ2) is 5.10. The third kappa shape index (κ3) is 2.41. The van der Waals surface area contributed by atoms with E-state index in [1.807, 2.05) is 25.1 Å². The van der Waals surface area contributed by atoms with E-state index in [1.165, 1.54) is 4.90 Å². The summed E-state index contributed by atoms with van der Waals surface area (Å²) >= 11 is 3.43. The van der Waals surface area contributed by atoms with Gasteiger partial charge < -0.3 is 5.32 Å². The third-order valence-electron chi connectivity index (χ3n) is 3.01. The molecular weight excluding hydrogens is 296 g/mol. The molecule has 1 aromatic carbocycles. The molecule has 0 aromatic heterocycles. The zero-order valence-corrected chi connectivity index (χ0v) is 12.0. The van der Waals surface area contributed by atoms with Gasteiger partial charge in [0, 0.05) is 16.7 Å². The van der Waals surface area contributed by atoms with Gasteiger partial charge in [0.15, 0.2) is 0 Å². The Balaban J connectivity index is 2.18. The number of nitrogens with one attached hydrogen (secondary N) is 1. The van der Waals surface area contributed by atoms with Crippen molar-refractivity contribution in [3.05, 3.63) is 28.2 Å². The molecule has 0 radical (unpaired) electrons. The maximum absolute atomic E-state index is 12.0. The second-order valence-corrected chi connectivity index (χ2v) is 5.21. The number of nitrogens with zero attached hydrogens (tertiary/aromatic N) is 1.